The van der Waals surface area contributed by atoms with Crippen LogP contribution in [-0.4, -0.2) is 61.3 Å². The van der Waals surface area contributed by atoms with Crippen LogP contribution in [0.25, 0.3) is 0 Å². The minimum atomic E-state index is -1.08. The van der Waals surface area contributed by atoms with E-state index in [-0.39, 0.29) is 11.3 Å². The fourth-order valence-electron chi connectivity index (χ4n) is 2.88. The highest BCUT2D eigenvalue weighted by Crippen LogP contribution is 2.14. The Balaban J connectivity index is 1.58. The third kappa shape index (κ3) is 4.96. The molecule has 7 heteroatoms. The van der Waals surface area contributed by atoms with Crippen molar-refractivity contribution in [2.75, 3.05) is 45.1 Å². The van der Waals surface area contributed by atoms with E-state index in [1.807, 2.05) is 0 Å². The second kappa shape index (κ2) is 8.37. The van der Waals surface area contributed by atoms with E-state index in [2.05, 4.69) is 22.2 Å². The summed E-state index contributed by atoms with van der Waals surface area (Å²) in [7, 11) is 2.06. The van der Waals surface area contributed by atoms with E-state index in [0.717, 1.165) is 38.3 Å². The zero-order valence-corrected chi connectivity index (χ0v) is 15.0. The number of halogens is 2. The molecule has 1 saturated heterocycles. The maximum absolute atomic E-state index is 13.2. The van der Waals surface area contributed by atoms with E-state index >= 15 is 0 Å². The number of hydrogen-bond acceptors (Lipinski definition) is 4. The lowest BCUT2D eigenvalue weighted by atomic mass is 10.1. The number of ketones is 1. The predicted molar refractivity (Wildman–Crippen MR) is 99.0 cm³/mol. The lowest BCUT2D eigenvalue weighted by Gasteiger charge is -2.31. The van der Waals surface area contributed by atoms with Crippen LogP contribution >= 0.6 is 0 Å². The summed E-state index contributed by atoms with van der Waals surface area (Å²) in [6.07, 6.45) is 0. The molecule has 0 aromatic heterocycles. The number of anilines is 1. The molecule has 1 aliphatic rings. The van der Waals surface area contributed by atoms with E-state index in [9.17, 15) is 18.4 Å². The Hall–Kier alpha value is -2.64. The van der Waals surface area contributed by atoms with Crippen molar-refractivity contribution >= 4 is 17.4 Å². The molecule has 1 amide bonds. The second-order valence-electron chi connectivity index (χ2n) is 6.66. The molecule has 0 radical (unpaired) electrons. The molecule has 0 spiro atoms. The highest BCUT2D eigenvalue weighted by atomic mass is 19.2. The van der Waals surface area contributed by atoms with Gasteiger partial charge in [-0.05, 0) is 49.5 Å². The summed E-state index contributed by atoms with van der Waals surface area (Å²) in [5.74, 6) is -2.61. The summed E-state index contributed by atoms with van der Waals surface area (Å²) in [6, 6.07) is 9.51. The van der Waals surface area contributed by atoms with Crippen molar-refractivity contribution in [3.8, 4) is 0 Å². The topological polar surface area (TPSA) is 52.6 Å². The van der Waals surface area contributed by atoms with Crippen LogP contribution in [0.2, 0.25) is 0 Å². The maximum atomic E-state index is 13.2. The fourth-order valence-corrected chi connectivity index (χ4v) is 2.88. The van der Waals surface area contributed by atoms with Gasteiger partial charge in [-0.25, -0.2) is 8.78 Å². The number of nitrogens with one attached hydrogen (secondary N) is 1. The SMILES string of the molecule is CN1CCN(CC(=O)c2ccc(NC(=O)c3ccc(F)c(F)c3)cc2)CC1. The van der Waals surface area contributed by atoms with Gasteiger partial charge in [-0.15, -0.1) is 0 Å². The van der Waals surface area contributed by atoms with Crippen molar-refractivity contribution in [2.45, 2.75) is 0 Å². The highest BCUT2D eigenvalue weighted by molar-refractivity contribution is 6.04. The fraction of sp³-hybridized carbons (Fsp3) is 0.300. The Morgan fingerprint density at radius 1 is 0.926 bits per heavy atom. The number of Topliss-reactive ketones (excluding diaryl/α,β-unsaturated/α-hetero) is 1. The molecule has 2 aromatic carbocycles. The van der Waals surface area contributed by atoms with Crippen molar-refractivity contribution in [2.24, 2.45) is 0 Å². The van der Waals surface area contributed by atoms with E-state index in [4.69, 9.17) is 0 Å². The third-order valence-electron chi connectivity index (χ3n) is 4.61. The van der Waals surface area contributed by atoms with Gasteiger partial charge >= 0.3 is 0 Å². The summed E-state index contributed by atoms with van der Waals surface area (Å²) < 4.78 is 26.2. The van der Waals surface area contributed by atoms with Crippen LogP contribution in [0.3, 0.4) is 0 Å². The smallest absolute Gasteiger partial charge is 0.255 e. The summed E-state index contributed by atoms with van der Waals surface area (Å²) in [5.41, 5.74) is 1.06. The molecule has 1 aliphatic heterocycles. The first kappa shape index (κ1) is 19.1. The average molecular weight is 373 g/mol. The van der Waals surface area contributed by atoms with Gasteiger partial charge in [0.05, 0.1) is 6.54 Å². The standard InChI is InChI=1S/C20H21F2N3O2/c1-24-8-10-25(11-9-24)13-19(26)14-2-5-16(6-3-14)23-20(27)15-4-7-17(21)18(22)12-15/h2-7,12H,8-11,13H2,1H3,(H,23,27). The summed E-state index contributed by atoms with van der Waals surface area (Å²) in [4.78, 5) is 28.9. The molecule has 0 aliphatic carbocycles. The lowest BCUT2D eigenvalue weighted by molar-refractivity contribution is 0.0876. The second-order valence-corrected chi connectivity index (χ2v) is 6.66. The largest absolute Gasteiger partial charge is 0.322 e. The number of carbonyl (C=O) groups is 2. The normalized spacial score (nSPS) is 15.5. The van der Waals surface area contributed by atoms with Crippen LogP contribution in [0.5, 0.6) is 0 Å². The lowest BCUT2D eigenvalue weighted by Crippen LogP contribution is -2.46. The van der Waals surface area contributed by atoms with Crippen LogP contribution < -0.4 is 5.32 Å². The minimum Gasteiger partial charge on any atom is -0.322 e. The van der Waals surface area contributed by atoms with Gasteiger partial charge in [-0.2, -0.15) is 0 Å². The first-order chi connectivity index (χ1) is 12.9. The molecule has 0 bridgehead atoms. The van der Waals surface area contributed by atoms with Gasteiger partial charge in [0.25, 0.3) is 5.91 Å². The molecule has 27 heavy (non-hydrogen) atoms. The molecule has 1 N–H and O–H groups in total. The molecule has 1 fully saturated rings. The number of amides is 1. The molecular formula is C20H21F2N3O2. The third-order valence-corrected chi connectivity index (χ3v) is 4.61. The van der Waals surface area contributed by atoms with Gasteiger partial charge in [0.15, 0.2) is 17.4 Å². The molecule has 0 unspecified atom stereocenters. The minimum absolute atomic E-state index is 0.0177. The molecule has 0 atom stereocenters. The molecular weight excluding hydrogens is 352 g/mol. The highest BCUT2D eigenvalue weighted by Gasteiger charge is 2.17. The Labute approximate surface area is 156 Å². The van der Waals surface area contributed by atoms with E-state index in [0.29, 0.717) is 17.8 Å². The van der Waals surface area contributed by atoms with Crippen LogP contribution in [0.1, 0.15) is 20.7 Å². The number of hydrogen-bond donors (Lipinski definition) is 1. The number of nitrogens with zero attached hydrogens (tertiary/aromatic N) is 2. The Morgan fingerprint density at radius 2 is 1.56 bits per heavy atom. The predicted octanol–water partition coefficient (Wildman–Crippen LogP) is 2.65. The Morgan fingerprint density at radius 3 is 2.19 bits per heavy atom. The Kier molecular flexibility index (Phi) is 5.93. The van der Waals surface area contributed by atoms with Crippen molar-refractivity contribution in [3.63, 3.8) is 0 Å². The molecule has 142 valence electrons. The van der Waals surface area contributed by atoms with E-state index < -0.39 is 17.5 Å². The average Bonchev–Trinajstić information content (AvgIpc) is 2.66. The van der Waals surface area contributed by atoms with E-state index in [1.165, 1.54) is 6.07 Å². The van der Waals surface area contributed by atoms with Crippen molar-refractivity contribution < 1.29 is 18.4 Å². The summed E-state index contributed by atoms with van der Waals surface area (Å²) in [6.45, 7) is 3.99. The molecule has 5 nitrogen and oxygen atoms in total. The van der Waals surface area contributed by atoms with Crippen molar-refractivity contribution in [3.05, 3.63) is 65.2 Å². The van der Waals surface area contributed by atoms with Gasteiger partial charge in [0.1, 0.15) is 0 Å². The van der Waals surface area contributed by atoms with Gasteiger partial charge < -0.3 is 10.2 Å². The molecule has 3 rings (SSSR count). The molecule has 0 saturated carbocycles. The Bertz CT molecular complexity index is 832. The number of benzene rings is 2. The number of rotatable bonds is 5. The molecule has 2 aromatic rings. The zero-order chi connectivity index (χ0) is 19.4. The van der Waals surface area contributed by atoms with E-state index in [1.54, 1.807) is 24.3 Å². The first-order valence-electron chi connectivity index (χ1n) is 8.73. The van der Waals surface area contributed by atoms with Gasteiger partial charge in [-0.3, -0.25) is 14.5 Å². The first-order valence-corrected chi connectivity index (χ1v) is 8.73. The van der Waals surface area contributed by atoms with Gasteiger partial charge in [-0.1, -0.05) is 0 Å². The van der Waals surface area contributed by atoms with Crippen LogP contribution in [-0.2, 0) is 0 Å². The summed E-state index contributed by atoms with van der Waals surface area (Å²) >= 11 is 0. The summed E-state index contributed by atoms with van der Waals surface area (Å²) in [5, 5.41) is 2.60. The quantitative estimate of drug-likeness (QED) is 0.819. The van der Waals surface area contributed by atoms with Crippen molar-refractivity contribution in [1.29, 1.82) is 0 Å². The molecule has 1 heterocycles. The monoisotopic (exact) mass is 373 g/mol. The van der Waals surface area contributed by atoms with Gasteiger partial charge in [0, 0.05) is 43.0 Å². The number of likely N-dealkylation sites (N-methyl/N-ethyl adjacent to an activating group) is 1. The van der Waals surface area contributed by atoms with Crippen LogP contribution in [0.15, 0.2) is 42.5 Å². The number of carbonyl (C=O) groups excluding carboxylic acids is 2. The number of piperazine rings is 1. The van der Waals surface area contributed by atoms with Crippen molar-refractivity contribution in [1.82, 2.24) is 9.80 Å². The van der Waals surface area contributed by atoms with Crippen LogP contribution in [0, 0.1) is 11.6 Å². The maximum Gasteiger partial charge on any atom is 0.255 e. The van der Waals surface area contributed by atoms with Crippen LogP contribution in [0.4, 0.5) is 14.5 Å². The zero-order valence-electron chi connectivity index (χ0n) is 15.0. The van der Waals surface area contributed by atoms with Gasteiger partial charge in [0.2, 0.25) is 0 Å².